The van der Waals surface area contributed by atoms with Crippen molar-refractivity contribution >= 4 is 38.2 Å². The highest BCUT2D eigenvalue weighted by Crippen LogP contribution is 2.26. The number of amides is 1. The van der Waals surface area contributed by atoms with Crippen molar-refractivity contribution in [2.75, 3.05) is 0 Å². The third-order valence-corrected chi connectivity index (χ3v) is 5.41. The molecule has 0 bridgehead atoms. The first-order chi connectivity index (χ1) is 11.7. The molecule has 0 saturated heterocycles. The molecule has 0 fully saturated rings. The van der Waals surface area contributed by atoms with Crippen molar-refractivity contribution in [1.82, 2.24) is 10.3 Å². The number of H-pyrrole nitrogens is 1. The van der Waals surface area contributed by atoms with Crippen LogP contribution < -0.4 is 5.32 Å². The van der Waals surface area contributed by atoms with Crippen molar-refractivity contribution in [2.45, 2.75) is 19.9 Å². The molecule has 0 radical (unpaired) electrons. The van der Waals surface area contributed by atoms with Gasteiger partial charge in [0.05, 0.1) is 6.42 Å². The Hall–Kier alpha value is -2.59. The van der Waals surface area contributed by atoms with Gasteiger partial charge in [-0.2, -0.15) is 0 Å². The minimum atomic E-state index is 0.0538. The van der Waals surface area contributed by atoms with Gasteiger partial charge in [-0.1, -0.05) is 36.4 Å². The molecule has 2 aromatic carbocycles. The Morgan fingerprint density at radius 2 is 1.83 bits per heavy atom. The average Bonchev–Trinajstić information content (AvgIpc) is 3.15. The number of thiophene rings is 1. The van der Waals surface area contributed by atoms with Crippen LogP contribution in [0.3, 0.4) is 0 Å². The maximum atomic E-state index is 12.4. The largest absolute Gasteiger partial charge is 0.358 e. The van der Waals surface area contributed by atoms with E-state index >= 15 is 0 Å². The van der Waals surface area contributed by atoms with E-state index in [-0.39, 0.29) is 5.91 Å². The summed E-state index contributed by atoms with van der Waals surface area (Å²) >= 11 is 1.72. The summed E-state index contributed by atoms with van der Waals surface area (Å²) in [6.07, 6.45) is 0.401. The number of aromatic nitrogens is 1. The van der Waals surface area contributed by atoms with Gasteiger partial charge < -0.3 is 10.3 Å². The van der Waals surface area contributed by atoms with E-state index in [1.54, 1.807) is 11.3 Å². The summed E-state index contributed by atoms with van der Waals surface area (Å²) in [6, 6.07) is 16.4. The van der Waals surface area contributed by atoms with E-state index in [1.807, 2.05) is 37.3 Å². The second-order valence-corrected chi connectivity index (χ2v) is 6.90. The third kappa shape index (κ3) is 2.69. The van der Waals surface area contributed by atoms with Gasteiger partial charge in [0.2, 0.25) is 5.91 Å². The number of carbonyl (C=O) groups is 1. The van der Waals surface area contributed by atoms with Gasteiger partial charge in [-0.3, -0.25) is 4.79 Å². The van der Waals surface area contributed by atoms with E-state index in [2.05, 4.69) is 33.9 Å². The second kappa shape index (κ2) is 6.13. The van der Waals surface area contributed by atoms with Crippen molar-refractivity contribution in [1.29, 1.82) is 0 Å². The topological polar surface area (TPSA) is 44.9 Å². The van der Waals surface area contributed by atoms with Crippen LogP contribution in [0.1, 0.15) is 16.8 Å². The number of hydrogen-bond acceptors (Lipinski definition) is 2. The zero-order chi connectivity index (χ0) is 16.5. The van der Waals surface area contributed by atoms with Crippen molar-refractivity contribution in [2.24, 2.45) is 0 Å². The molecule has 3 nitrogen and oxygen atoms in total. The molecule has 1 amide bonds. The molecule has 4 aromatic rings. The van der Waals surface area contributed by atoms with Crippen LogP contribution >= 0.6 is 11.3 Å². The fraction of sp³-hybridized carbons (Fsp3) is 0.150. The summed E-state index contributed by atoms with van der Waals surface area (Å²) in [6.45, 7) is 2.60. The number of aromatic amines is 1. The SMILES string of the molecule is Cc1[nH]c2ccccc2c1CC(=O)NCc1csc2ccccc12. The van der Waals surface area contributed by atoms with E-state index in [0.29, 0.717) is 13.0 Å². The number of aryl methyl sites for hydroxylation is 1. The Kier molecular flexibility index (Phi) is 3.82. The van der Waals surface area contributed by atoms with Crippen molar-refractivity contribution in [3.8, 4) is 0 Å². The van der Waals surface area contributed by atoms with Gasteiger partial charge in [-0.25, -0.2) is 0 Å². The van der Waals surface area contributed by atoms with Gasteiger partial charge in [0, 0.05) is 27.8 Å². The number of rotatable bonds is 4. The molecular formula is C20H18N2OS. The number of para-hydroxylation sites is 1. The van der Waals surface area contributed by atoms with Crippen molar-refractivity contribution < 1.29 is 4.79 Å². The lowest BCUT2D eigenvalue weighted by molar-refractivity contribution is -0.120. The van der Waals surface area contributed by atoms with Gasteiger partial charge in [-0.15, -0.1) is 11.3 Å². The van der Waals surface area contributed by atoms with E-state index in [1.165, 1.54) is 15.6 Å². The quantitative estimate of drug-likeness (QED) is 0.565. The molecular weight excluding hydrogens is 316 g/mol. The number of carbonyl (C=O) groups excluding carboxylic acids is 1. The van der Waals surface area contributed by atoms with E-state index in [0.717, 1.165) is 22.2 Å². The zero-order valence-electron chi connectivity index (χ0n) is 13.4. The maximum Gasteiger partial charge on any atom is 0.224 e. The predicted octanol–water partition coefficient (Wildman–Crippen LogP) is 4.55. The van der Waals surface area contributed by atoms with Crippen LogP contribution in [0.15, 0.2) is 53.9 Å². The molecule has 0 aliphatic rings. The summed E-state index contributed by atoms with van der Waals surface area (Å²) in [5.41, 5.74) is 4.41. The normalized spacial score (nSPS) is 11.2. The molecule has 2 heterocycles. The highest BCUT2D eigenvalue weighted by Gasteiger charge is 2.12. The number of nitrogens with one attached hydrogen (secondary N) is 2. The average molecular weight is 334 g/mol. The molecule has 4 rings (SSSR count). The predicted molar refractivity (Wildman–Crippen MR) is 100 cm³/mol. The second-order valence-electron chi connectivity index (χ2n) is 5.98. The zero-order valence-corrected chi connectivity index (χ0v) is 14.2. The summed E-state index contributed by atoms with van der Waals surface area (Å²) in [5.74, 6) is 0.0538. The summed E-state index contributed by atoms with van der Waals surface area (Å²) in [5, 5.41) is 7.55. The lowest BCUT2D eigenvalue weighted by atomic mass is 10.1. The summed E-state index contributed by atoms with van der Waals surface area (Å²) in [7, 11) is 0. The lowest BCUT2D eigenvalue weighted by Gasteiger charge is -2.05. The van der Waals surface area contributed by atoms with Crippen LogP contribution in [0.4, 0.5) is 0 Å². The van der Waals surface area contributed by atoms with Gasteiger partial charge >= 0.3 is 0 Å². The number of hydrogen-bond donors (Lipinski definition) is 2. The molecule has 0 aliphatic heterocycles. The minimum Gasteiger partial charge on any atom is -0.358 e. The van der Waals surface area contributed by atoms with Crippen LogP contribution in [0.25, 0.3) is 21.0 Å². The molecule has 120 valence electrons. The Bertz CT molecular complexity index is 1030. The molecule has 0 spiro atoms. The molecule has 2 aromatic heterocycles. The molecule has 0 unspecified atom stereocenters. The first kappa shape index (κ1) is 15.0. The minimum absolute atomic E-state index is 0.0538. The van der Waals surface area contributed by atoms with Gasteiger partial charge in [0.25, 0.3) is 0 Å². The standard InChI is InChI=1S/C20H18N2OS/c1-13-17(16-7-2-4-8-18(16)22-13)10-20(23)21-11-14-12-24-19-9-5-3-6-15(14)19/h2-9,12,22H,10-11H2,1H3,(H,21,23). The van der Waals surface area contributed by atoms with Crippen LogP contribution in [-0.2, 0) is 17.8 Å². The first-order valence-electron chi connectivity index (χ1n) is 8.00. The molecule has 2 N–H and O–H groups in total. The van der Waals surface area contributed by atoms with Gasteiger partial charge in [0.15, 0.2) is 0 Å². The molecule has 0 saturated carbocycles. The summed E-state index contributed by atoms with van der Waals surface area (Å²) in [4.78, 5) is 15.8. The third-order valence-electron chi connectivity index (χ3n) is 4.40. The Morgan fingerprint density at radius 3 is 2.71 bits per heavy atom. The van der Waals surface area contributed by atoms with Crippen LogP contribution in [0.2, 0.25) is 0 Å². The van der Waals surface area contributed by atoms with Crippen molar-refractivity contribution in [3.63, 3.8) is 0 Å². The van der Waals surface area contributed by atoms with Crippen LogP contribution in [0.5, 0.6) is 0 Å². The van der Waals surface area contributed by atoms with Crippen molar-refractivity contribution in [3.05, 3.63) is 70.7 Å². The molecule has 4 heteroatoms. The summed E-state index contributed by atoms with van der Waals surface area (Å²) < 4.78 is 1.26. The fourth-order valence-electron chi connectivity index (χ4n) is 3.15. The number of benzene rings is 2. The van der Waals surface area contributed by atoms with Gasteiger partial charge in [0.1, 0.15) is 0 Å². The Morgan fingerprint density at radius 1 is 1.08 bits per heavy atom. The highest BCUT2D eigenvalue weighted by atomic mass is 32.1. The van der Waals surface area contributed by atoms with E-state index in [9.17, 15) is 4.79 Å². The molecule has 0 aliphatic carbocycles. The smallest absolute Gasteiger partial charge is 0.224 e. The Labute approximate surface area is 144 Å². The molecule has 24 heavy (non-hydrogen) atoms. The lowest BCUT2D eigenvalue weighted by Crippen LogP contribution is -2.24. The Balaban J connectivity index is 1.49. The highest BCUT2D eigenvalue weighted by molar-refractivity contribution is 7.17. The van der Waals surface area contributed by atoms with E-state index in [4.69, 9.17) is 0 Å². The number of fused-ring (bicyclic) bond motifs is 2. The first-order valence-corrected chi connectivity index (χ1v) is 8.88. The van der Waals surface area contributed by atoms with Crippen LogP contribution in [-0.4, -0.2) is 10.9 Å². The molecule has 0 atom stereocenters. The van der Waals surface area contributed by atoms with Gasteiger partial charge in [-0.05, 0) is 40.9 Å². The van der Waals surface area contributed by atoms with Crippen LogP contribution in [0, 0.1) is 6.92 Å². The van der Waals surface area contributed by atoms with E-state index < -0.39 is 0 Å². The fourth-order valence-corrected chi connectivity index (χ4v) is 4.11. The monoisotopic (exact) mass is 334 g/mol. The maximum absolute atomic E-state index is 12.4.